The first-order chi connectivity index (χ1) is 9.47. The van der Waals surface area contributed by atoms with Crippen molar-refractivity contribution >= 4 is 23.8 Å². The Morgan fingerprint density at radius 3 is 2.20 bits per heavy atom. The van der Waals surface area contributed by atoms with Gasteiger partial charge in [-0.2, -0.15) is 4.98 Å². The van der Waals surface area contributed by atoms with Crippen molar-refractivity contribution in [3.8, 4) is 11.6 Å². The van der Waals surface area contributed by atoms with Crippen LogP contribution in [-0.4, -0.2) is 30.5 Å². The predicted octanol–water partition coefficient (Wildman–Crippen LogP) is 1.32. The maximum absolute atomic E-state index is 11.3. The van der Waals surface area contributed by atoms with Gasteiger partial charge in [0, 0.05) is 6.07 Å². The molecule has 0 aliphatic carbocycles. The molecular formula is C11H15N3O6. The molecule has 0 fully saturated rings. The van der Waals surface area contributed by atoms with Crippen LogP contribution in [0.25, 0.3) is 0 Å². The zero-order valence-corrected chi connectivity index (χ0v) is 11.0. The first kappa shape index (κ1) is 15.3. The summed E-state index contributed by atoms with van der Waals surface area (Å²) in [6.45, 7) is 3.43. The summed E-state index contributed by atoms with van der Waals surface area (Å²) in [5.41, 5.74) is 11.1. The van der Waals surface area contributed by atoms with Crippen molar-refractivity contribution in [2.45, 2.75) is 13.8 Å². The molecule has 110 valence electrons. The zero-order valence-electron chi connectivity index (χ0n) is 11.0. The molecule has 0 aliphatic heterocycles. The molecule has 1 aromatic rings. The smallest absolute Gasteiger partial charge is 0.434 e. The Morgan fingerprint density at radius 2 is 1.65 bits per heavy atom. The van der Waals surface area contributed by atoms with E-state index in [-0.39, 0.29) is 36.3 Å². The van der Waals surface area contributed by atoms with Crippen LogP contribution >= 0.6 is 0 Å². The van der Waals surface area contributed by atoms with E-state index in [1.54, 1.807) is 13.8 Å². The lowest BCUT2D eigenvalue weighted by Gasteiger charge is -2.10. The van der Waals surface area contributed by atoms with Gasteiger partial charge in [0.05, 0.1) is 18.9 Å². The van der Waals surface area contributed by atoms with Crippen LogP contribution in [0.3, 0.4) is 0 Å². The molecule has 0 saturated heterocycles. The van der Waals surface area contributed by atoms with Gasteiger partial charge < -0.3 is 30.4 Å². The minimum absolute atomic E-state index is 0.0560. The normalized spacial score (nSPS) is 9.70. The van der Waals surface area contributed by atoms with Crippen molar-refractivity contribution in [2.24, 2.45) is 0 Å². The Kier molecular flexibility index (Phi) is 5.39. The summed E-state index contributed by atoms with van der Waals surface area (Å²) in [4.78, 5) is 26.2. The number of rotatable bonds is 4. The Morgan fingerprint density at radius 1 is 1.10 bits per heavy atom. The van der Waals surface area contributed by atoms with Crippen LogP contribution < -0.4 is 20.9 Å². The summed E-state index contributed by atoms with van der Waals surface area (Å²) in [7, 11) is 0. The zero-order chi connectivity index (χ0) is 15.1. The van der Waals surface area contributed by atoms with Crippen molar-refractivity contribution in [2.75, 3.05) is 24.7 Å². The van der Waals surface area contributed by atoms with Crippen molar-refractivity contribution in [3.63, 3.8) is 0 Å². The third-order valence-electron chi connectivity index (χ3n) is 1.91. The molecule has 0 atom stereocenters. The van der Waals surface area contributed by atoms with Crippen molar-refractivity contribution in [1.29, 1.82) is 0 Å². The van der Waals surface area contributed by atoms with Gasteiger partial charge in [-0.15, -0.1) is 0 Å². The highest BCUT2D eigenvalue weighted by Gasteiger charge is 2.18. The molecule has 0 aromatic carbocycles. The lowest BCUT2D eigenvalue weighted by Crippen LogP contribution is -2.16. The molecule has 4 N–H and O–H groups in total. The van der Waals surface area contributed by atoms with Crippen molar-refractivity contribution in [3.05, 3.63) is 6.07 Å². The van der Waals surface area contributed by atoms with Gasteiger partial charge in [0.1, 0.15) is 0 Å². The van der Waals surface area contributed by atoms with E-state index in [1.165, 1.54) is 6.07 Å². The third-order valence-corrected chi connectivity index (χ3v) is 1.91. The summed E-state index contributed by atoms with van der Waals surface area (Å²) in [6.07, 6.45) is -2.01. The summed E-state index contributed by atoms with van der Waals surface area (Å²) >= 11 is 0. The molecule has 0 unspecified atom stereocenters. The molecule has 1 heterocycles. The molecule has 1 aromatic heterocycles. The number of carbonyl (C=O) groups is 2. The minimum Gasteiger partial charge on any atom is -0.434 e. The van der Waals surface area contributed by atoms with Crippen LogP contribution in [0.5, 0.6) is 11.6 Å². The second kappa shape index (κ2) is 7.02. The van der Waals surface area contributed by atoms with Gasteiger partial charge in [-0.05, 0) is 13.8 Å². The number of nitrogen functional groups attached to an aromatic ring is 2. The number of aromatic nitrogens is 1. The van der Waals surface area contributed by atoms with E-state index < -0.39 is 12.3 Å². The SMILES string of the molecule is CCOC(=O)Oc1cc(N)c(N)nc1OC(=O)OCC. The second-order valence-electron chi connectivity index (χ2n) is 3.34. The number of ether oxygens (including phenoxy) is 4. The quantitative estimate of drug-likeness (QED) is 0.784. The monoisotopic (exact) mass is 285 g/mol. The van der Waals surface area contributed by atoms with E-state index in [2.05, 4.69) is 14.5 Å². The number of hydrogen-bond donors (Lipinski definition) is 2. The van der Waals surface area contributed by atoms with E-state index >= 15 is 0 Å². The number of nitrogens with two attached hydrogens (primary N) is 2. The fourth-order valence-electron chi connectivity index (χ4n) is 1.12. The average molecular weight is 285 g/mol. The standard InChI is InChI=1S/C11H15N3O6/c1-3-17-10(15)19-7-5-6(12)8(13)14-9(7)20-11(16)18-4-2/h5H,3-4,12H2,1-2H3,(H2,13,14). The molecule has 0 radical (unpaired) electrons. The van der Waals surface area contributed by atoms with E-state index in [4.69, 9.17) is 20.9 Å². The molecule has 9 heteroatoms. The molecule has 0 bridgehead atoms. The number of pyridine rings is 1. The molecule has 20 heavy (non-hydrogen) atoms. The number of hydrogen-bond acceptors (Lipinski definition) is 9. The third kappa shape index (κ3) is 4.19. The Bertz CT molecular complexity index is 460. The van der Waals surface area contributed by atoms with Crippen LogP contribution in [0.2, 0.25) is 0 Å². The fraction of sp³-hybridized carbons (Fsp3) is 0.364. The van der Waals surface area contributed by atoms with Gasteiger partial charge in [-0.25, -0.2) is 9.59 Å². The highest BCUT2D eigenvalue weighted by atomic mass is 16.7. The molecular weight excluding hydrogens is 270 g/mol. The fourth-order valence-corrected chi connectivity index (χ4v) is 1.12. The van der Waals surface area contributed by atoms with Gasteiger partial charge >= 0.3 is 12.3 Å². The van der Waals surface area contributed by atoms with Gasteiger partial charge in [0.2, 0.25) is 0 Å². The largest absolute Gasteiger partial charge is 0.515 e. The topological polar surface area (TPSA) is 136 Å². The highest BCUT2D eigenvalue weighted by Crippen LogP contribution is 2.30. The van der Waals surface area contributed by atoms with Gasteiger partial charge in [0.25, 0.3) is 5.88 Å². The lowest BCUT2D eigenvalue weighted by atomic mass is 10.3. The lowest BCUT2D eigenvalue weighted by molar-refractivity contribution is 0.0926. The van der Waals surface area contributed by atoms with Crippen LogP contribution in [-0.2, 0) is 9.47 Å². The maximum Gasteiger partial charge on any atom is 0.515 e. The second-order valence-corrected chi connectivity index (χ2v) is 3.34. The van der Waals surface area contributed by atoms with Crippen LogP contribution in [0.4, 0.5) is 21.1 Å². The molecule has 0 aliphatic rings. The van der Waals surface area contributed by atoms with E-state index in [1.807, 2.05) is 0 Å². The van der Waals surface area contributed by atoms with Crippen molar-refractivity contribution < 1.29 is 28.5 Å². The molecule has 1 rings (SSSR count). The van der Waals surface area contributed by atoms with Gasteiger partial charge in [0.15, 0.2) is 11.6 Å². The Balaban J connectivity index is 2.98. The van der Waals surface area contributed by atoms with E-state index in [0.717, 1.165) is 0 Å². The van der Waals surface area contributed by atoms with Crippen molar-refractivity contribution in [1.82, 2.24) is 4.98 Å². The highest BCUT2D eigenvalue weighted by molar-refractivity contribution is 5.71. The minimum atomic E-state index is -1.02. The molecule has 0 saturated carbocycles. The van der Waals surface area contributed by atoms with Gasteiger partial charge in [-0.1, -0.05) is 0 Å². The molecule has 0 amide bonds. The first-order valence-electron chi connectivity index (χ1n) is 5.73. The number of anilines is 2. The maximum atomic E-state index is 11.3. The first-order valence-corrected chi connectivity index (χ1v) is 5.73. The summed E-state index contributed by atoms with van der Waals surface area (Å²) < 4.78 is 18.7. The van der Waals surface area contributed by atoms with E-state index in [0.29, 0.717) is 0 Å². The van der Waals surface area contributed by atoms with Gasteiger partial charge in [-0.3, -0.25) is 0 Å². The number of nitrogens with zero attached hydrogens (tertiary/aromatic N) is 1. The molecule has 9 nitrogen and oxygen atoms in total. The molecule has 0 spiro atoms. The Hall–Kier alpha value is -2.71. The summed E-state index contributed by atoms with van der Waals surface area (Å²) in [5.74, 6) is -0.632. The number of carbonyl (C=O) groups excluding carboxylic acids is 2. The summed E-state index contributed by atoms with van der Waals surface area (Å²) in [6, 6.07) is 1.19. The van der Waals surface area contributed by atoms with Crippen LogP contribution in [0.15, 0.2) is 6.07 Å². The van der Waals surface area contributed by atoms with Crippen LogP contribution in [0.1, 0.15) is 13.8 Å². The predicted molar refractivity (Wildman–Crippen MR) is 68.4 cm³/mol. The summed E-state index contributed by atoms with van der Waals surface area (Å²) in [5, 5.41) is 0. The van der Waals surface area contributed by atoms with Crippen LogP contribution in [0, 0.1) is 0 Å². The average Bonchev–Trinajstić information content (AvgIpc) is 2.36. The Labute approximate surface area is 114 Å². The van der Waals surface area contributed by atoms with E-state index in [9.17, 15) is 9.59 Å².